The molecule has 0 radical (unpaired) electrons. The lowest BCUT2D eigenvalue weighted by atomic mass is 10.3. The van der Waals surface area contributed by atoms with Crippen LogP contribution in [0.2, 0.25) is 0 Å². The zero-order valence-electron chi connectivity index (χ0n) is 9.55. The molecule has 7 heteroatoms. The Morgan fingerprint density at radius 1 is 1.35 bits per heavy atom. The van der Waals surface area contributed by atoms with Gasteiger partial charge in [0.1, 0.15) is 0 Å². The summed E-state index contributed by atoms with van der Waals surface area (Å²) in [5, 5.41) is 3.27. The number of anilines is 1. The fourth-order valence-electron chi connectivity index (χ4n) is 1.60. The maximum Gasteiger partial charge on any atom is 0.376 e. The number of hydrogen-bond donors (Lipinski definition) is 1. The molecule has 0 aliphatic carbocycles. The van der Waals surface area contributed by atoms with Crippen LogP contribution in [0.5, 0.6) is 0 Å². The van der Waals surface area contributed by atoms with E-state index in [9.17, 15) is 4.79 Å². The highest BCUT2D eigenvalue weighted by atomic mass is 35.5. The molecule has 1 aromatic heterocycles. The number of carbonyl (C=O) groups excluding carboxylic acids is 1. The van der Waals surface area contributed by atoms with Crippen LogP contribution >= 0.6 is 12.4 Å². The van der Waals surface area contributed by atoms with Gasteiger partial charge in [0, 0.05) is 26.2 Å². The molecule has 1 N–H and O–H groups in total. The van der Waals surface area contributed by atoms with E-state index >= 15 is 0 Å². The van der Waals surface area contributed by atoms with E-state index in [2.05, 4.69) is 24.9 Å². The average molecular weight is 259 g/mol. The lowest BCUT2D eigenvalue weighted by Crippen LogP contribution is -2.43. The van der Waals surface area contributed by atoms with Crippen molar-refractivity contribution in [2.75, 3.05) is 38.2 Å². The fraction of sp³-hybridized carbons (Fsp3) is 0.500. The molecule has 6 nitrogen and oxygen atoms in total. The van der Waals surface area contributed by atoms with Crippen LogP contribution in [0.4, 0.5) is 5.69 Å². The maximum absolute atomic E-state index is 11.1. The third-order valence-corrected chi connectivity index (χ3v) is 2.49. The van der Waals surface area contributed by atoms with Gasteiger partial charge in [0.05, 0.1) is 25.2 Å². The molecule has 1 aliphatic heterocycles. The molecular weight excluding hydrogens is 244 g/mol. The molecule has 0 unspecified atom stereocenters. The van der Waals surface area contributed by atoms with Crippen LogP contribution in [0.3, 0.4) is 0 Å². The quantitative estimate of drug-likeness (QED) is 0.759. The summed E-state index contributed by atoms with van der Waals surface area (Å²) in [7, 11) is 1.32. The van der Waals surface area contributed by atoms with Crippen molar-refractivity contribution >= 4 is 24.1 Å². The topological polar surface area (TPSA) is 67.3 Å². The third kappa shape index (κ3) is 3.28. The van der Waals surface area contributed by atoms with Gasteiger partial charge < -0.3 is 15.0 Å². The van der Waals surface area contributed by atoms with E-state index in [0.717, 1.165) is 31.9 Å². The van der Waals surface area contributed by atoms with Gasteiger partial charge in [-0.2, -0.15) is 0 Å². The number of nitrogens with zero attached hydrogens (tertiary/aromatic N) is 3. The van der Waals surface area contributed by atoms with Crippen molar-refractivity contribution in [3.05, 3.63) is 18.2 Å². The summed E-state index contributed by atoms with van der Waals surface area (Å²) in [4.78, 5) is 21.3. The van der Waals surface area contributed by atoms with Gasteiger partial charge in [0.15, 0.2) is 0 Å². The highest BCUT2D eigenvalue weighted by Crippen LogP contribution is 2.11. The highest BCUT2D eigenvalue weighted by molar-refractivity contribution is 5.85. The van der Waals surface area contributed by atoms with E-state index in [-0.39, 0.29) is 18.2 Å². The largest absolute Gasteiger partial charge is 0.463 e. The summed E-state index contributed by atoms with van der Waals surface area (Å²) in [6.07, 6.45) is 3.31. The van der Waals surface area contributed by atoms with Crippen molar-refractivity contribution in [2.45, 2.75) is 0 Å². The van der Waals surface area contributed by atoms with Gasteiger partial charge in [-0.25, -0.2) is 14.8 Å². The Labute approximate surface area is 106 Å². The van der Waals surface area contributed by atoms with Gasteiger partial charge >= 0.3 is 5.97 Å². The predicted octanol–water partition coefficient (Wildman–Crippen LogP) is 0.0946. The summed E-state index contributed by atoms with van der Waals surface area (Å²) in [6.45, 7) is 3.78. The van der Waals surface area contributed by atoms with E-state index in [1.54, 1.807) is 12.4 Å². The molecule has 1 aliphatic rings. The molecule has 0 saturated carbocycles. The second-order valence-corrected chi connectivity index (χ2v) is 3.49. The summed E-state index contributed by atoms with van der Waals surface area (Å²) in [5.41, 5.74) is 0.939. The summed E-state index contributed by atoms with van der Waals surface area (Å²) >= 11 is 0. The van der Waals surface area contributed by atoms with E-state index in [1.807, 2.05) is 0 Å². The Morgan fingerprint density at radius 3 is 2.47 bits per heavy atom. The van der Waals surface area contributed by atoms with E-state index in [1.165, 1.54) is 7.11 Å². The number of nitrogens with one attached hydrogen (secondary N) is 1. The maximum atomic E-state index is 11.1. The first-order valence-corrected chi connectivity index (χ1v) is 5.17. The standard InChI is InChI=1S/C10H14N4O2.ClH/c1-16-10(15)9-12-6-8(7-13-9)14-4-2-11-3-5-14;/h6-7,11H,2-5H2,1H3;1H. The molecule has 17 heavy (non-hydrogen) atoms. The molecule has 0 amide bonds. The molecule has 2 heterocycles. The molecule has 0 spiro atoms. The molecule has 0 aromatic carbocycles. The van der Waals surface area contributed by atoms with Crippen molar-refractivity contribution in [1.29, 1.82) is 0 Å². The van der Waals surface area contributed by atoms with Crippen LogP contribution in [-0.4, -0.2) is 49.2 Å². The number of methoxy groups -OCH3 is 1. The second-order valence-electron chi connectivity index (χ2n) is 3.49. The monoisotopic (exact) mass is 258 g/mol. The minimum atomic E-state index is -0.508. The van der Waals surface area contributed by atoms with Gasteiger partial charge in [-0.15, -0.1) is 12.4 Å². The highest BCUT2D eigenvalue weighted by Gasteiger charge is 2.13. The van der Waals surface area contributed by atoms with Crippen molar-refractivity contribution in [3.63, 3.8) is 0 Å². The van der Waals surface area contributed by atoms with Gasteiger partial charge in [-0.3, -0.25) is 0 Å². The Hall–Kier alpha value is -1.40. The smallest absolute Gasteiger partial charge is 0.376 e. The minimum Gasteiger partial charge on any atom is -0.463 e. The Kier molecular flexibility index (Phi) is 5.11. The molecule has 94 valence electrons. The number of hydrogen-bond acceptors (Lipinski definition) is 6. The number of piperazine rings is 1. The van der Waals surface area contributed by atoms with E-state index in [0.29, 0.717) is 0 Å². The van der Waals surface area contributed by atoms with Crippen LogP contribution in [0.25, 0.3) is 0 Å². The van der Waals surface area contributed by atoms with Crippen LogP contribution in [0, 0.1) is 0 Å². The van der Waals surface area contributed by atoms with Gasteiger partial charge in [0.25, 0.3) is 0 Å². The molecule has 1 aromatic rings. The number of carbonyl (C=O) groups is 1. The molecule has 1 saturated heterocycles. The third-order valence-electron chi connectivity index (χ3n) is 2.49. The zero-order valence-corrected chi connectivity index (χ0v) is 10.4. The second kappa shape index (κ2) is 6.36. The molecule has 1 fully saturated rings. The average Bonchev–Trinajstić information content (AvgIpc) is 2.39. The number of ether oxygens (including phenoxy) is 1. The van der Waals surface area contributed by atoms with Crippen molar-refractivity contribution in [1.82, 2.24) is 15.3 Å². The van der Waals surface area contributed by atoms with Crippen LogP contribution < -0.4 is 10.2 Å². The van der Waals surface area contributed by atoms with Crippen LogP contribution in [0.1, 0.15) is 10.6 Å². The van der Waals surface area contributed by atoms with Crippen molar-refractivity contribution in [2.24, 2.45) is 0 Å². The molecular formula is C10H15ClN4O2. The Morgan fingerprint density at radius 2 is 1.94 bits per heavy atom. The van der Waals surface area contributed by atoms with Gasteiger partial charge in [0.2, 0.25) is 5.82 Å². The first-order valence-electron chi connectivity index (χ1n) is 5.17. The van der Waals surface area contributed by atoms with E-state index in [4.69, 9.17) is 0 Å². The fourth-order valence-corrected chi connectivity index (χ4v) is 1.60. The minimum absolute atomic E-state index is 0. The number of esters is 1. The lowest BCUT2D eigenvalue weighted by Gasteiger charge is -2.28. The lowest BCUT2D eigenvalue weighted by molar-refractivity contribution is 0.0586. The number of aromatic nitrogens is 2. The van der Waals surface area contributed by atoms with Crippen LogP contribution in [-0.2, 0) is 4.74 Å². The molecule has 0 bridgehead atoms. The number of halogens is 1. The van der Waals surface area contributed by atoms with E-state index < -0.39 is 5.97 Å². The van der Waals surface area contributed by atoms with Gasteiger partial charge in [-0.05, 0) is 0 Å². The summed E-state index contributed by atoms with van der Waals surface area (Å²) < 4.78 is 4.53. The summed E-state index contributed by atoms with van der Waals surface area (Å²) in [5.74, 6) is -0.409. The zero-order chi connectivity index (χ0) is 11.4. The molecule has 0 atom stereocenters. The Balaban J connectivity index is 0.00000144. The first kappa shape index (κ1) is 13.7. The van der Waals surface area contributed by atoms with Crippen molar-refractivity contribution in [3.8, 4) is 0 Å². The SMILES string of the molecule is COC(=O)c1ncc(N2CCNCC2)cn1.Cl. The Bertz CT molecular complexity index is 365. The van der Waals surface area contributed by atoms with Crippen LogP contribution in [0.15, 0.2) is 12.4 Å². The summed E-state index contributed by atoms with van der Waals surface area (Å²) in [6, 6.07) is 0. The predicted molar refractivity (Wildman–Crippen MR) is 65.7 cm³/mol. The first-order chi connectivity index (χ1) is 7.81. The molecule has 2 rings (SSSR count). The number of rotatable bonds is 2. The van der Waals surface area contributed by atoms with Gasteiger partial charge in [-0.1, -0.05) is 0 Å². The van der Waals surface area contributed by atoms with Crippen molar-refractivity contribution < 1.29 is 9.53 Å². The normalized spacial score (nSPS) is 15.0.